The number of nitrogens with zero attached hydrogens (tertiary/aromatic N) is 1. The molecular formula is C17H26N4O5. The van der Waals surface area contributed by atoms with E-state index in [2.05, 4.69) is 20.9 Å². The van der Waals surface area contributed by atoms with E-state index in [0.717, 1.165) is 5.56 Å². The molecule has 2 heterocycles. The van der Waals surface area contributed by atoms with Gasteiger partial charge in [0.1, 0.15) is 18.3 Å². The second kappa shape index (κ2) is 9.46. The molecule has 1 aromatic heterocycles. The number of nitrogens with one attached hydrogen (secondary N) is 3. The van der Waals surface area contributed by atoms with E-state index in [1.54, 1.807) is 18.5 Å². The van der Waals surface area contributed by atoms with E-state index in [-0.39, 0.29) is 30.9 Å². The molecule has 0 radical (unpaired) electrons. The van der Waals surface area contributed by atoms with Crippen molar-refractivity contribution in [3.05, 3.63) is 30.1 Å². The minimum atomic E-state index is -1.20. The molecule has 0 aromatic carbocycles. The molecule has 4 atom stereocenters. The molecule has 1 aromatic rings. The zero-order valence-corrected chi connectivity index (χ0v) is 14.9. The van der Waals surface area contributed by atoms with Gasteiger partial charge in [0, 0.05) is 31.5 Å². The van der Waals surface area contributed by atoms with Crippen LogP contribution in [-0.4, -0.2) is 64.1 Å². The van der Waals surface area contributed by atoms with Gasteiger partial charge in [0.15, 0.2) is 0 Å². The van der Waals surface area contributed by atoms with Crippen molar-refractivity contribution in [3.63, 3.8) is 0 Å². The lowest BCUT2D eigenvalue weighted by molar-refractivity contribution is -0.125. The van der Waals surface area contributed by atoms with Crippen LogP contribution in [0.2, 0.25) is 0 Å². The standard InChI is InChI=1S/C17H26N4O5/c1-10(2)21-17(25)20-9-13-16(24)15(23)12(26-13)6-14(22)19-8-11-4-3-5-18-7-11/h3-5,7,10,12-13,15-16,23-24H,6,8-9H2,1-2H3,(H,19,22)(H2,20,21,25)/t12-,13-,15-,16+/m0/s1. The first-order valence-electron chi connectivity index (χ1n) is 8.58. The maximum atomic E-state index is 12.0. The molecule has 2 rings (SSSR count). The molecule has 5 N–H and O–H groups in total. The molecule has 0 spiro atoms. The van der Waals surface area contributed by atoms with Gasteiger partial charge in [-0.25, -0.2) is 4.79 Å². The summed E-state index contributed by atoms with van der Waals surface area (Å²) in [4.78, 5) is 27.6. The second-order valence-corrected chi connectivity index (χ2v) is 6.55. The Morgan fingerprint density at radius 3 is 2.62 bits per heavy atom. The number of amides is 3. The van der Waals surface area contributed by atoms with Gasteiger partial charge in [0.2, 0.25) is 5.91 Å². The molecule has 0 saturated carbocycles. The van der Waals surface area contributed by atoms with Gasteiger partial charge in [-0.05, 0) is 25.5 Å². The number of aromatic nitrogens is 1. The maximum absolute atomic E-state index is 12.0. The lowest BCUT2D eigenvalue weighted by atomic mass is 10.1. The zero-order chi connectivity index (χ0) is 19.1. The number of aliphatic hydroxyl groups is 2. The fraction of sp³-hybridized carbons (Fsp3) is 0.588. The van der Waals surface area contributed by atoms with Crippen LogP contribution >= 0.6 is 0 Å². The summed E-state index contributed by atoms with van der Waals surface area (Å²) in [5.74, 6) is -0.309. The van der Waals surface area contributed by atoms with Gasteiger partial charge in [0.25, 0.3) is 0 Å². The molecule has 3 amide bonds. The summed E-state index contributed by atoms with van der Waals surface area (Å²) in [5, 5.41) is 28.1. The van der Waals surface area contributed by atoms with Crippen LogP contribution in [0.5, 0.6) is 0 Å². The average molecular weight is 366 g/mol. The van der Waals surface area contributed by atoms with E-state index < -0.39 is 24.4 Å². The summed E-state index contributed by atoms with van der Waals surface area (Å²) in [6.45, 7) is 4.00. The van der Waals surface area contributed by atoms with Crippen molar-refractivity contribution < 1.29 is 24.5 Å². The number of aliphatic hydroxyl groups excluding tert-OH is 2. The van der Waals surface area contributed by atoms with Crippen LogP contribution in [-0.2, 0) is 16.1 Å². The highest BCUT2D eigenvalue weighted by Crippen LogP contribution is 2.23. The second-order valence-electron chi connectivity index (χ2n) is 6.55. The molecular weight excluding hydrogens is 340 g/mol. The number of hydrogen-bond acceptors (Lipinski definition) is 6. The van der Waals surface area contributed by atoms with Gasteiger partial charge < -0.3 is 30.9 Å². The number of pyridine rings is 1. The first kappa shape index (κ1) is 20.1. The molecule has 9 heteroatoms. The lowest BCUT2D eigenvalue weighted by Gasteiger charge is -2.16. The van der Waals surface area contributed by atoms with Gasteiger partial charge >= 0.3 is 6.03 Å². The van der Waals surface area contributed by atoms with E-state index in [4.69, 9.17) is 4.74 Å². The Morgan fingerprint density at radius 1 is 1.23 bits per heavy atom. The number of hydrogen-bond donors (Lipinski definition) is 5. The maximum Gasteiger partial charge on any atom is 0.315 e. The lowest BCUT2D eigenvalue weighted by Crippen LogP contribution is -2.45. The number of carbonyl (C=O) groups excluding carboxylic acids is 2. The van der Waals surface area contributed by atoms with E-state index in [0.29, 0.717) is 6.54 Å². The highest BCUT2D eigenvalue weighted by atomic mass is 16.5. The van der Waals surface area contributed by atoms with Gasteiger partial charge in [-0.15, -0.1) is 0 Å². The largest absolute Gasteiger partial charge is 0.388 e. The van der Waals surface area contributed by atoms with E-state index in [1.807, 2.05) is 19.9 Å². The van der Waals surface area contributed by atoms with Crippen molar-refractivity contribution in [2.24, 2.45) is 0 Å². The van der Waals surface area contributed by atoms with Crippen molar-refractivity contribution in [3.8, 4) is 0 Å². The highest BCUT2D eigenvalue weighted by molar-refractivity contribution is 5.76. The summed E-state index contributed by atoms with van der Waals surface area (Å²) in [5.41, 5.74) is 0.854. The summed E-state index contributed by atoms with van der Waals surface area (Å²) in [7, 11) is 0. The molecule has 0 unspecified atom stereocenters. The SMILES string of the molecule is CC(C)NC(=O)NC[C@@H]1O[C@@H](CC(=O)NCc2cccnc2)[C@H](O)[C@@H]1O. The molecule has 9 nitrogen and oxygen atoms in total. The highest BCUT2D eigenvalue weighted by Gasteiger charge is 2.43. The Hall–Kier alpha value is -2.23. The molecule has 1 aliphatic heterocycles. The third-order valence-electron chi connectivity index (χ3n) is 3.94. The van der Waals surface area contributed by atoms with Crippen molar-refractivity contribution in [2.75, 3.05) is 6.54 Å². The van der Waals surface area contributed by atoms with E-state index in [1.165, 1.54) is 0 Å². The van der Waals surface area contributed by atoms with Crippen molar-refractivity contribution >= 4 is 11.9 Å². The summed E-state index contributed by atoms with van der Waals surface area (Å²) >= 11 is 0. The van der Waals surface area contributed by atoms with Gasteiger partial charge in [0.05, 0.1) is 12.5 Å². The topological polar surface area (TPSA) is 133 Å². The van der Waals surface area contributed by atoms with Crippen LogP contribution in [0.1, 0.15) is 25.8 Å². The normalized spacial score (nSPS) is 25.1. The summed E-state index contributed by atoms with van der Waals surface area (Å²) < 4.78 is 5.55. The van der Waals surface area contributed by atoms with Crippen LogP contribution in [0.15, 0.2) is 24.5 Å². The van der Waals surface area contributed by atoms with Crippen LogP contribution in [0.4, 0.5) is 4.79 Å². The van der Waals surface area contributed by atoms with Crippen molar-refractivity contribution in [2.45, 2.75) is 57.3 Å². The third-order valence-corrected chi connectivity index (χ3v) is 3.94. The van der Waals surface area contributed by atoms with Crippen LogP contribution in [0.3, 0.4) is 0 Å². The monoisotopic (exact) mass is 366 g/mol. The van der Waals surface area contributed by atoms with Gasteiger partial charge in [-0.3, -0.25) is 9.78 Å². The minimum absolute atomic E-state index is 0.0220. The molecule has 1 aliphatic rings. The predicted molar refractivity (Wildman–Crippen MR) is 93.0 cm³/mol. The zero-order valence-electron chi connectivity index (χ0n) is 14.9. The quantitative estimate of drug-likeness (QED) is 0.433. The fourth-order valence-electron chi connectivity index (χ4n) is 2.63. The number of rotatable bonds is 7. The summed E-state index contributed by atoms with van der Waals surface area (Å²) in [6, 6.07) is 3.20. The smallest absolute Gasteiger partial charge is 0.315 e. The number of ether oxygens (including phenoxy) is 1. The van der Waals surface area contributed by atoms with Crippen LogP contribution < -0.4 is 16.0 Å². The van der Waals surface area contributed by atoms with Gasteiger partial charge in [-0.2, -0.15) is 0 Å². The Balaban J connectivity index is 1.77. The Bertz CT molecular complexity index is 598. The molecule has 1 saturated heterocycles. The number of carbonyl (C=O) groups is 2. The van der Waals surface area contributed by atoms with Crippen molar-refractivity contribution in [1.82, 2.24) is 20.9 Å². The molecule has 0 bridgehead atoms. The van der Waals surface area contributed by atoms with Crippen LogP contribution in [0, 0.1) is 0 Å². The Morgan fingerprint density at radius 2 is 1.96 bits per heavy atom. The third kappa shape index (κ3) is 5.94. The van der Waals surface area contributed by atoms with Crippen molar-refractivity contribution in [1.29, 1.82) is 0 Å². The fourth-order valence-corrected chi connectivity index (χ4v) is 2.63. The minimum Gasteiger partial charge on any atom is -0.388 e. The molecule has 26 heavy (non-hydrogen) atoms. The Labute approximate surface area is 152 Å². The van der Waals surface area contributed by atoms with E-state index in [9.17, 15) is 19.8 Å². The number of urea groups is 1. The summed E-state index contributed by atoms with van der Waals surface area (Å²) in [6.07, 6.45) is -0.782. The average Bonchev–Trinajstić information content (AvgIpc) is 2.86. The molecule has 144 valence electrons. The van der Waals surface area contributed by atoms with E-state index >= 15 is 0 Å². The first-order valence-corrected chi connectivity index (χ1v) is 8.58. The van der Waals surface area contributed by atoms with Crippen LogP contribution in [0.25, 0.3) is 0 Å². The molecule has 0 aliphatic carbocycles. The van der Waals surface area contributed by atoms with Gasteiger partial charge in [-0.1, -0.05) is 6.07 Å². The first-order chi connectivity index (χ1) is 12.4. The Kier molecular flexibility index (Phi) is 7.31. The predicted octanol–water partition coefficient (Wildman–Crippen LogP) is -0.715. The molecule has 1 fully saturated rings.